The zero-order valence-electron chi connectivity index (χ0n) is 14.5. The second kappa shape index (κ2) is 10.6. The van der Waals surface area contributed by atoms with E-state index in [0.29, 0.717) is 36.3 Å². The number of nitrogens with zero attached hydrogens (tertiary/aromatic N) is 3. The monoisotopic (exact) mass is 458 g/mol. The van der Waals surface area contributed by atoms with Crippen molar-refractivity contribution in [3.8, 4) is 0 Å². The van der Waals surface area contributed by atoms with E-state index in [1.54, 1.807) is 27.1 Å². The molecule has 8 nitrogen and oxygen atoms in total. The summed E-state index contributed by atoms with van der Waals surface area (Å²) in [4.78, 5) is 19.9. The maximum atomic E-state index is 11.6. The van der Waals surface area contributed by atoms with Gasteiger partial charge in [0.25, 0.3) is 5.91 Å². The van der Waals surface area contributed by atoms with E-state index in [1.165, 1.54) is 0 Å². The second-order valence-corrected chi connectivity index (χ2v) is 5.11. The molecule has 1 heterocycles. The summed E-state index contributed by atoms with van der Waals surface area (Å²) in [5, 5.41) is 12.8. The molecule has 1 aromatic carbocycles. The summed E-state index contributed by atoms with van der Waals surface area (Å²) in [6.07, 6.45) is 0.771. The average Bonchev–Trinajstić information content (AvgIpc) is 3.02. The number of benzene rings is 1. The standard InChI is InChI=1S/C16H22N6O2.HI/c1-11-21-14(22-24-11)10-20-16(18-3)19-8-7-12-5-4-6-13(9-12)15(23)17-2;/h4-6,9H,7-8,10H2,1-3H3,(H,17,23)(H2,18,19,20);1H. The predicted octanol–water partition coefficient (Wildman–Crippen LogP) is 1.26. The minimum atomic E-state index is -0.0855. The van der Waals surface area contributed by atoms with E-state index in [2.05, 4.69) is 31.1 Å². The number of hydrogen-bond acceptors (Lipinski definition) is 5. The van der Waals surface area contributed by atoms with Gasteiger partial charge in [0.05, 0.1) is 6.54 Å². The molecule has 0 aliphatic heterocycles. The molecule has 9 heteroatoms. The van der Waals surface area contributed by atoms with Crippen LogP contribution < -0.4 is 16.0 Å². The molecule has 25 heavy (non-hydrogen) atoms. The van der Waals surface area contributed by atoms with Crippen LogP contribution in [0.3, 0.4) is 0 Å². The number of nitrogens with one attached hydrogen (secondary N) is 3. The van der Waals surface area contributed by atoms with Crippen molar-refractivity contribution >= 4 is 35.8 Å². The summed E-state index contributed by atoms with van der Waals surface area (Å²) in [5.41, 5.74) is 1.73. The molecule has 0 atom stereocenters. The Morgan fingerprint density at radius 3 is 2.76 bits per heavy atom. The van der Waals surface area contributed by atoms with Crippen LogP contribution in [0.25, 0.3) is 0 Å². The second-order valence-electron chi connectivity index (χ2n) is 5.11. The van der Waals surface area contributed by atoms with Crippen LogP contribution in [-0.4, -0.2) is 42.6 Å². The van der Waals surface area contributed by atoms with Crippen LogP contribution >= 0.6 is 24.0 Å². The third-order valence-corrected chi connectivity index (χ3v) is 3.33. The largest absolute Gasteiger partial charge is 0.356 e. The highest BCUT2D eigenvalue weighted by atomic mass is 127. The van der Waals surface area contributed by atoms with Crippen molar-refractivity contribution in [2.75, 3.05) is 20.6 Å². The first-order valence-electron chi connectivity index (χ1n) is 7.67. The Labute approximate surface area is 163 Å². The number of carbonyl (C=O) groups is 1. The van der Waals surface area contributed by atoms with Gasteiger partial charge in [0, 0.05) is 33.1 Å². The van der Waals surface area contributed by atoms with Gasteiger partial charge in [0.1, 0.15) is 0 Å². The number of aryl methyl sites for hydroxylation is 1. The number of hydrogen-bond donors (Lipinski definition) is 3. The molecule has 2 aromatic rings. The Hall–Kier alpha value is -2.17. The van der Waals surface area contributed by atoms with E-state index < -0.39 is 0 Å². The van der Waals surface area contributed by atoms with E-state index in [1.807, 2.05) is 18.2 Å². The molecule has 1 aromatic heterocycles. The lowest BCUT2D eigenvalue weighted by atomic mass is 10.1. The highest BCUT2D eigenvalue weighted by Crippen LogP contribution is 2.05. The first-order valence-corrected chi connectivity index (χ1v) is 7.67. The minimum absolute atomic E-state index is 0. The summed E-state index contributed by atoms with van der Waals surface area (Å²) >= 11 is 0. The molecule has 0 spiro atoms. The van der Waals surface area contributed by atoms with Gasteiger partial charge in [-0.1, -0.05) is 17.3 Å². The number of guanidine groups is 1. The predicted molar refractivity (Wildman–Crippen MR) is 106 cm³/mol. The molecule has 0 aliphatic carbocycles. The Bertz CT molecular complexity index is 716. The molecule has 0 unspecified atom stereocenters. The van der Waals surface area contributed by atoms with Gasteiger partial charge >= 0.3 is 0 Å². The summed E-state index contributed by atoms with van der Waals surface area (Å²) in [6.45, 7) is 2.86. The van der Waals surface area contributed by atoms with E-state index in [9.17, 15) is 4.79 Å². The fourth-order valence-electron chi connectivity index (χ4n) is 2.13. The Kier molecular flexibility index (Phi) is 8.89. The zero-order valence-corrected chi connectivity index (χ0v) is 16.8. The molecule has 0 radical (unpaired) electrons. The number of rotatable bonds is 6. The van der Waals surface area contributed by atoms with Gasteiger partial charge in [0.2, 0.25) is 5.89 Å². The van der Waals surface area contributed by atoms with Crippen molar-refractivity contribution in [1.82, 2.24) is 26.1 Å². The van der Waals surface area contributed by atoms with Crippen LogP contribution in [0.4, 0.5) is 0 Å². The fourth-order valence-corrected chi connectivity index (χ4v) is 2.13. The number of aromatic nitrogens is 2. The quantitative estimate of drug-likeness (QED) is 0.342. The van der Waals surface area contributed by atoms with Crippen LogP contribution in [0.1, 0.15) is 27.6 Å². The van der Waals surface area contributed by atoms with Crippen molar-refractivity contribution in [3.05, 3.63) is 47.1 Å². The van der Waals surface area contributed by atoms with Crippen LogP contribution in [-0.2, 0) is 13.0 Å². The van der Waals surface area contributed by atoms with Crippen LogP contribution in [0.2, 0.25) is 0 Å². The highest BCUT2D eigenvalue weighted by molar-refractivity contribution is 14.0. The molecule has 0 saturated heterocycles. The normalized spacial score (nSPS) is 10.8. The Balaban J connectivity index is 0.00000312. The first kappa shape index (κ1) is 20.9. The smallest absolute Gasteiger partial charge is 0.251 e. The van der Waals surface area contributed by atoms with Crippen LogP contribution in [0.15, 0.2) is 33.8 Å². The van der Waals surface area contributed by atoms with Gasteiger partial charge in [0.15, 0.2) is 11.8 Å². The van der Waals surface area contributed by atoms with Crippen molar-refractivity contribution in [2.45, 2.75) is 19.9 Å². The summed E-state index contributed by atoms with van der Waals surface area (Å²) in [6, 6.07) is 7.56. The lowest BCUT2D eigenvalue weighted by Gasteiger charge is -2.11. The van der Waals surface area contributed by atoms with Crippen molar-refractivity contribution < 1.29 is 9.32 Å². The maximum absolute atomic E-state index is 11.6. The van der Waals surface area contributed by atoms with E-state index >= 15 is 0 Å². The number of carbonyl (C=O) groups excluding carboxylic acids is 1. The fraction of sp³-hybridized carbons (Fsp3) is 0.375. The van der Waals surface area contributed by atoms with Gasteiger partial charge in [-0.15, -0.1) is 24.0 Å². The molecule has 136 valence electrons. The van der Waals surface area contributed by atoms with Crippen molar-refractivity contribution in [1.29, 1.82) is 0 Å². The minimum Gasteiger partial charge on any atom is -0.356 e. The third kappa shape index (κ3) is 6.69. The Morgan fingerprint density at radius 1 is 1.32 bits per heavy atom. The highest BCUT2D eigenvalue weighted by Gasteiger charge is 2.05. The molecule has 1 amide bonds. The molecule has 0 fully saturated rings. The van der Waals surface area contributed by atoms with Gasteiger partial charge in [-0.3, -0.25) is 9.79 Å². The first-order chi connectivity index (χ1) is 11.6. The zero-order chi connectivity index (χ0) is 17.4. The number of halogens is 1. The van der Waals surface area contributed by atoms with Crippen LogP contribution in [0, 0.1) is 6.92 Å². The molecule has 0 aliphatic rings. The maximum Gasteiger partial charge on any atom is 0.251 e. The Morgan fingerprint density at radius 2 is 2.12 bits per heavy atom. The molecular formula is C16H23IN6O2. The lowest BCUT2D eigenvalue weighted by Crippen LogP contribution is -2.38. The summed E-state index contributed by atoms with van der Waals surface area (Å²) in [7, 11) is 3.32. The van der Waals surface area contributed by atoms with E-state index in [-0.39, 0.29) is 29.9 Å². The average molecular weight is 458 g/mol. The molecule has 3 N–H and O–H groups in total. The van der Waals surface area contributed by atoms with Crippen molar-refractivity contribution in [2.24, 2.45) is 4.99 Å². The topological polar surface area (TPSA) is 104 Å². The molecule has 0 saturated carbocycles. The van der Waals surface area contributed by atoms with E-state index in [0.717, 1.165) is 12.0 Å². The molecular weight excluding hydrogens is 435 g/mol. The summed E-state index contributed by atoms with van der Waals surface area (Å²) < 4.78 is 4.92. The van der Waals surface area contributed by atoms with Gasteiger partial charge in [-0.25, -0.2) is 0 Å². The van der Waals surface area contributed by atoms with Gasteiger partial charge in [-0.05, 0) is 24.1 Å². The van der Waals surface area contributed by atoms with Gasteiger partial charge < -0.3 is 20.5 Å². The van der Waals surface area contributed by atoms with Gasteiger partial charge in [-0.2, -0.15) is 4.98 Å². The summed E-state index contributed by atoms with van der Waals surface area (Å²) in [5.74, 6) is 1.68. The SMILES string of the molecule is CN=C(NCCc1cccc(C(=O)NC)c1)NCc1noc(C)n1.I. The number of amides is 1. The molecule has 2 rings (SSSR count). The lowest BCUT2D eigenvalue weighted by molar-refractivity contribution is 0.0963. The molecule has 0 bridgehead atoms. The van der Waals surface area contributed by atoms with Crippen molar-refractivity contribution in [3.63, 3.8) is 0 Å². The van der Waals surface area contributed by atoms with Crippen LogP contribution in [0.5, 0.6) is 0 Å². The third-order valence-electron chi connectivity index (χ3n) is 3.33. The van der Waals surface area contributed by atoms with E-state index in [4.69, 9.17) is 4.52 Å². The number of aliphatic imine (C=N–C) groups is 1.